The number of benzene rings is 2. The molecule has 3 nitrogen and oxygen atoms in total. The zero-order chi connectivity index (χ0) is 11.0. The summed E-state index contributed by atoms with van der Waals surface area (Å²) in [5.41, 5.74) is 1.24. The van der Waals surface area contributed by atoms with E-state index in [9.17, 15) is 10.2 Å². The molecule has 15 heavy (non-hydrogen) atoms. The average molecular weight is 203 g/mol. The lowest BCUT2D eigenvalue weighted by atomic mass is 10.0. The van der Waals surface area contributed by atoms with Crippen LogP contribution in [0.4, 0.5) is 5.69 Å². The number of aromatic hydroxyl groups is 2. The summed E-state index contributed by atoms with van der Waals surface area (Å²) >= 11 is 0. The van der Waals surface area contributed by atoms with Gasteiger partial charge in [-0.25, -0.2) is 0 Å². The van der Waals surface area contributed by atoms with Gasteiger partial charge in [0, 0.05) is 23.4 Å². The van der Waals surface area contributed by atoms with Crippen molar-refractivity contribution in [3.8, 4) is 11.5 Å². The molecular weight excluding hydrogens is 190 g/mol. The maximum atomic E-state index is 9.98. The highest BCUT2D eigenvalue weighted by atomic mass is 16.3. The smallest absolute Gasteiger partial charge is 0.147 e. The van der Waals surface area contributed by atoms with Gasteiger partial charge in [-0.3, -0.25) is 0 Å². The summed E-state index contributed by atoms with van der Waals surface area (Å²) in [7, 11) is 1.72. The summed E-state index contributed by atoms with van der Waals surface area (Å²) in [6, 6.07) is 7.23. The number of phenolic OH excluding ortho intramolecular Hbond substituents is 2. The molecule has 2 aromatic rings. The topological polar surface area (TPSA) is 52.5 Å². The van der Waals surface area contributed by atoms with Gasteiger partial charge in [0.1, 0.15) is 11.5 Å². The minimum atomic E-state index is 0.184. The highest BCUT2D eigenvalue weighted by molar-refractivity contribution is 5.99. The predicted octanol–water partition coefficient (Wildman–Crippen LogP) is 2.60. The largest absolute Gasteiger partial charge is 0.507 e. The second-order valence-corrected chi connectivity index (χ2v) is 3.49. The third kappa shape index (κ3) is 1.28. The monoisotopic (exact) mass is 203 g/mol. The molecule has 0 saturated carbocycles. The number of nitrogens with one attached hydrogen (secondary N) is 1. The normalized spacial score (nSPS) is 10.5. The van der Waals surface area contributed by atoms with E-state index in [0.717, 1.165) is 0 Å². The van der Waals surface area contributed by atoms with Gasteiger partial charge in [-0.2, -0.15) is 0 Å². The van der Waals surface area contributed by atoms with E-state index in [4.69, 9.17) is 0 Å². The van der Waals surface area contributed by atoms with Crippen LogP contribution >= 0.6 is 0 Å². The molecule has 0 fully saturated rings. The Morgan fingerprint density at radius 1 is 1.00 bits per heavy atom. The van der Waals surface area contributed by atoms with E-state index in [1.807, 2.05) is 12.1 Å². The van der Waals surface area contributed by atoms with Crippen molar-refractivity contribution >= 4 is 16.5 Å². The highest BCUT2D eigenvalue weighted by Crippen LogP contribution is 2.41. The summed E-state index contributed by atoms with van der Waals surface area (Å²) in [5.74, 6) is 0.399. The zero-order valence-corrected chi connectivity index (χ0v) is 8.70. The van der Waals surface area contributed by atoms with Gasteiger partial charge in [0.15, 0.2) is 0 Å². The number of anilines is 1. The molecule has 0 aromatic heterocycles. The molecule has 0 aliphatic heterocycles. The summed E-state index contributed by atoms with van der Waals surface area (Å²) in [4.78, 5) is 0. The maximum absolute atomic E-state index is 9.98. The van der Waals surface area contributed by atoms with Crippen molar-refractivity contribution in [2.75, 3.05) is 12.4 Å². The lowest BCUT2D eigenvalue weighted by molar-refractivity contribution is 0.468. The van der Waals surface area contributed by atoms with Gasteiger partial charge in [0.2, 0.25) is 0 Å². The number of fused-ring (bicyclic) bond motifs is 1. The van der Waals surface area contributed by atoms with E-state index in [1.54, 1.807) is 26.1 Å². The summed E-state index contributed by atoms with van der Waals surface area (Å²) in [6.07, 6.45) is 0. The van der Waals surface area contributed by atoms with Gasteiger partial charge in [-0.15, -0.1) is 0 Å². The van der Waals surface area contributed by atoms with Gasteiger partial charge in [-0.1, -0.05) is 24.3 Å². The van der Waals surface area contributed by atoms with E-state index in [0.29, 0.717) is 22.0 Å². The van der Waals surface area contributed by atoms with Crippen molar-refractivity contribution in [3.05, 3.63) is 29.8 Å². The Balaban J connectivity index is 2.96. The summed E-state index contributed by atoms with van der Waals surface area (Å²) in [5, 5.41) is 24.1. The molecule has 3 N–H and O–H groups in total. The predicted molar refractivity (Wildman–Crippen MR) is 61.6 cm³/mol. The fourth-order valence-corrected chi connectivity index (χ4v) is 1.83. The molecule has 0 bridgehead atoms. The Bertz CT molecular complexity index is 521. The van der Waals surface area contributed by atoms with E-state index in [2.05, 4.69) is 5.32 Å². The summed E-state index contributed by atoms with van der Waals surface area (Å²) in [6.45, 7) is 1.77. The first-order valence-electron chi connectivity index (χ1n) is 4.77. The first-order chi connectivity index (χ1) is 7.16. The first kappa shape index (κ1) is 9.65. The molecule has 3 heteroatoms. The van der Waals surface area contributed by atoms with Crippen molar-refractivity contribution in [1.29, 1.82) is 0 Å². The molecular formula is C12H13NO2. The van der Waals surface area contributed by atoms with Crippen molar-refractivity contribution in [2.45, 2.75) is 6.92 Å². The van der Waals surface area contributed by atoms with Crippen LogP contribution in [0.15, 0.2) is 24.3 Å². The Morgan fingerprint density at radius 3 is 2.07 bits per heavy atom. The lowest BCUT2D eigenvalue weighted by Gasteiger charge is -2.13. The Labute approximate surface area is 88.0 Å². The van der Waals surface area contributed by atoms with Crippen LogP contribution in [-0.4, -0.2) is 17.3 Å². The highest BCUT2D eigenvalue weighted by Gasteiger charge is 2.13. The van der Waals surface area contributed by atoms with Crippen molar-refractivity contribution in [1.82, 2.24) is 0 Å². The third-order valence-electron chi connectivity index (χ3n) is 2.65. The fourth-order valence-electron chi connectivity index (χ4n) is 1.83. The average Bonchev–Trinajstić information content (AvgIpc) is 2.27. The Kier molecular flexibility index (Phi) is 2.15. The number of phenols is 2. The van der Waals surface area contributed by atoms with Crippen LogP contribution in [0.5, 0.6) is 11.5 Å². The molecule has 0 heterocycles. The number of hydrogen-bond donors (Lipinski definition) is 3. The summed E-state index contributed by atoms with van der Waals surface area (Å²) < 4.78 is 0. The van der Waals surface area contributed by atoms with Crippen molar-refractivity contribution in [2.24, 2.45) is 0 Å². The molecule has 0 aliphatic carbocycles. The van der Waals surface area contributed by atoms with Gasteiger partial charge >= 0.3 is 0 Å². The molecule has 2 rings (SSSR count). The quantitative estimate of drug-likeness (QED) is 0.493. The second-order valence-electron chi connectivity index (χ2n) is 3.49. The van der Waals surface area contributed by atoms with Crippen molar-refractivity contribution < 1.29 is 10.2 Å². The molecule has 78 valence electrons. The second kappa shape index (κ2) is 3.35. The Hall–Kier alpha value is -1.90. The van der Waals surface area contributed by atoms with Crippen LogP contribution in [0.2, 0.25) is 0 Å². The molecule has 0 amide bonds. The minimum absolute atomic E-state index is 0.184. The van der Waals surface area contributed by atoms with Crippen LogP contribution in [-0.2, 0) is 0 Å². The van der Waals surface area contributed by atoms with Crippen LogP contribution in [0.1, 0.15) is 5.56 Å². The molecule has 0 unspecified atom stereocenters. The third-order valence-corrected chi connectivity index (χ3v) is 2.65. The molecule has 2 aromatic carbocycles. The van der Waals surface area contributed by atoms with Gasteiger partial charge in [0.05, 0.1) is 5.69 Å². The van der Waals surface area contributed by atoms with E-state index in [-0.39, 0.29) is 11.5 Å². The van der Waals surface area contributed by atoms with E-state index >= 15 is 0 Å². The first-order valence-corrected chi connectivity index (χ1v) is 4.77. The van der Waals surface area contributed by atoms with Gasteiger partial charge in [0.25, 0.3) is 0 Å². The molecule has 0 atom stereocenters. The van der Waals surface area contributed by atoms with Crippen LogP contribution in [0.25, 0.3) is 10.8 Å². The number of rotatable bonds is 1. The van der Waals surface area contributed by atoms with Crippen molar-refractivity contribution in [3.63, 3.8) is 0 Å². The molecule has 0 saturated heterocycles. The van der Waals surface area contributed by atoms with Crippen LogP contribution in [0.3, 0.4) is 0 Å². The van der Waals surface area contributed by atoms with E-state index < -0.39 is 0 Å². The van der Waals surface area contributed by atoms with Crippen LogP contribution in [0, 0.1) is 6.92 Å². The van der Waals surface area contributed by atoms with Gasteiger partial charge in [-0.05, 0) is 6.92 Å². The molecule has 0 spiro atoms. The zero-order valence-electron chi connectivity index (χ0n) is 8.70. The maximum Gasteiger partial charge on any atom is 0.147 e. The molecule has 0 radical (unpaired) electrons. The SMILES string of the molecule is CNc1c(C)c(O)c2ccccc2c1O. The van der Waals surface area contributed by atoms with Gasteiger partial charge < -0.3 is 15.5 Å². The van der Waals surface area contributed by atoms with E-state index in [1.165, 1.54) is 0 Å². The molecule has 0 aliphatic rings. The van der Waals surface area contributed by atoms with Crippen LogP contribution < -0.4 is 5.32 Å². The fraction of sp³-hybridized carbons (Fsp3) is 0.167. The lowest BCUT2D eigenvalue weighted by Crippen LogP contribution is -1.93. The Morgan fingerprint density at radius 2 is 1.53 bits per heavy atom. The number of hydrogen-bond acceptors (Lipinski definition) is 3. The minimum Gasteiger partial charge on any atom is -0.507 e. The standard InChI is InChI=1S/C12H13NO2/c1-7-10(13-2)12(15)9-6-4-3-5-8(9)11(7)14/h3-6,13-15H,1-2H3.